The van der Waals surface area contributed by atoms with Crippen molar-refractivity contribution in [3.8, 4) is 0 Å². The molecule has 1 saturated carbocycles. The number of rotatable bonds is 4. The SMILES string of the molecule is CC(O)C(C)Sc1nnnn1C1CC1. The molecular formula is C8H14N4OS. The third-order valence-electron chi connectivity index (χ3n) is 2.33. The Morgan fingerprint density at radius 1 is 1.50 bits per heavy atom. The topological polar surface area (TPSA) is 63.8 Å². The van der Waals surface area contributed by atoms with Gasteiger partial charge >= 0.3 is 0 Å². The van der Waals surface area contributed by atoms with Crippen LogP contribution in [-0.2, 0) is 0 Å². The highest BCUT2D eigenvalue weighted by Gasteiger charge is 2.28. The van der Waals surface area contributed by atoms with E-state index in [0.29, 0.717) is 6.04 Å². The molecule has 1 N–H and O–H groups in total. The number of tetrazole rings is 1. The summed E-state index contributed by atoms with van der Waals surface area (Å²) in [6, 6.07) is 0.494. The molecule has 0 aromatic carbocycles. The fraction of sp³-hybridized carbons (Fsp3) is 0.875. The van der Waals surface area contributed by atoms with Crippen LogP contribution < -0.4 is 0 Å². The number of aromatic nitrogens is 4. The van der Waals surface area contributed by atoms with E-state index in [2.05, 4.69) is 15.5 Å². The first-order valence-electron chi connectivity index (χ1n) is 4.81. The Bertz CT molecular complexity index is 310. The van der Waals surface area contributed by atoms with Crippen LogP contribution >= 0.6 is 11.8 Å². The van der Waals surface area contributed by atoms with Crippen molar-refractivity contribution in [3.05, 3.63) is 0 Å². The first kappa shape index (κ1) is 9.92. The van der Waals surface area contributed by atoms with Gasteiger partial charge in [-0.25, -0.2) is 4.68 Å². The average Bonchev–Trinajstić information content (AvgIpc) is 2.88. The van der Waals surface area contributed by atoms with E-state index in [1.165, 1.54) is 24.6 Å². The van der Waals surface area contributed by atoms with Gasteiger partial charge < -0.3 is 5.11 Å². The van der Waals surface area contributed by atoms with Crippen LogP contribution in [0.2, 0.25) is 0 Å². The molecule has 2 unspecified atom stereocenters. The Balaban J connectivity index is 2.04. The first-order valence-corrected chi connectivity index (χ1v) is 5.69. The molecular weight excluding hydrogens is 200 g/mol. The molecule has 78 valence electrons. The molecule has 0 saturated heterocycles. The van der Waals surface area contributed by atoms with Crippen LogP contribution in [0.15, 0.2) is 5.16 Å². The summed E-state index contributed by atoms with van der Waals surface area (Å²) in [5.41, 5.74) is 0. The second-order valence-electron chi connectivity index (χ2n) is 3.70. The van der Waals surface area contributed by atoms with E-state index in [9.17, 15) is 5.11 Å². The normalized spacial score (nSPS) is 20.8. The minimum atomic E-state index is -0.343. The second kappa shape index (κ2) is 3.86. The van der Waals surface area contributed by atoms with E-state index in [4.69, 9.17) is 0 Å². The predicted octanol–water partition coefficient (Wildman–Crippen LogP) is 0.869. The molecule has 6 heteroatoms. The number of hydrogen-bond donors (Lipinski definition) is 1. The number of aliphatic hydroxyl groups is 1. The third-order valence-corrected chi connectivity index (χ3v) is 3.57. The van der Waals surface area contributed by atoms with Crippen LogP contribution in [0.3, 0.4) is 0 Å². The number of aliphatic hydroxyl groups excluding tert-OH is 1. The summed E-state index contributed by atoms with van der Waals surface area (Å²) in [4.78, 5) is 0. The maximum atomic E-state index is 9.37. The number of hydrogen-bond acceptors (Lipinski definition) is 5. The highest BCUT2D eigenvalue weighted by molar-refractivity contribution is 7.99. The lowest BCUT2D eigenvalue weighted by molar-refractivity contribution is 0.196. The molecule has 1 aliphatic rings. The molecule has 1 heterocycles. The number of nitrogens with zero attached hydrogens (tertiary/aromatic N) is 4. The molecule has 1 aromatic heterocycles. The van der Waals surface area contributed by atoms with Gasteiger partial charge in [0, 0.05) is 5.25 Å². The minimum absolute atomic E-state index is 0.124. The highest BCUT2D eigenvalue weighted by atomic mass is 32.2. The van der Waals surface area contributed by atoms with Crippen molar-refractivity contribution < 1.29 is 5.11 Å². The van der Waals surface area contributed by atoms with E-state index in [1.807, 2.05) is 11.6 Å². The van der Waals surface area contributed by atoms with Crippen LogP contribution in [0.4, 0.5) is 0 Å². The maximum Gasteiger partial charge on any atom is 0.209 e. The molecule has 5 nitrogen and oxygen atoms in total. The molecule has 14 heavy (non-hydrogen) atoms. The lowest BCUT2D eigenvalue weighted by atomic mass is 10.3. The van der Waals surface area contributed by atoms with Crippen molar-refractivity contribution >= 4 is 11.8 Å². The maximum absolute atomic E-state index is 9.37. The van der Waals surface area contributed by atoms with Crippen molar-refractivity contribution in [2.45, 2.75) is 49.2 Å². The van der Waals surface area contributed by atoms with Crippen LogP contribution in [-0.4, -0.2) is 36.7 Å². The fourth-order valence-corrected chi connectivity index (χ4v) is 1.98. The summed E-state index contributed by atoms with van der Waals surface area (Å²) in [6.45, 7) is 3.75. The van der Waals surface area contributed by atoms with Gasteiger partial charge in [0.25, 0.3) is 0 Å². The molecule has 0 amide bonds. The van der Waals surface area contributed by atoms with Crippen molar-refractivity contribution in [2.75, 3.05) is 0 Å². The Morgan fingerprint density at radius 2 is 2.21 bits per heavy atom. The van der Waals surface area contributed by atoms with Crippen LogP contribution in [0, 0.1) is 0 Å². The van der Waals surface area contributed by atoms with Gasteiger partial charge in [-0.3, -0.25) is 0 Å². The Labute approximate surface area is 86.9 Å². The van der Waals surface area contributed by atoms with Crippen molar-refractivity contribution in [1.82, 2.24) is 20.2 Å². The quantitative estimate of drug-likeness (QED) is 0.753. The lowest BCUT2D eigenvalue weighted by Gasteiger charge is -2.12. The van der Waals surface area contributed by atoms with E-state index >= 15 is 0 Å². The average molecular weight is 214 g/mol. The van der Waals surface area contributed by atoms with Gasteiger partial charge in [-0.1, -0.05) is 18.7 Å². The molecule has 1 aromatic rings. The molecule has 1 aliphatic carbocycles. The zero-order chi connectivity index (χ0) is 10.1. The lowest BCUT2D eigenvalue weighted by Crippen LogP contribution is -2.16. The van der Waals surface area contributed by atoms with Gasteiger partial charge in [-0.15, -0.1) is 5.10 Å². The second-order valence-corrected chi connectivity index (χ2v) is 5.05. The summed E-state index contributed by atoms with van der Waals surface area (Å²) in [5.74, 6) is 0. The summed E-state index contributed by atoms with van der Waals surface area (Å²) >= 11 is 1.53. The molecule has 2 atom stereocenters. The van der Waals surface area contributed by atoms with Crippen LogP contribution in [0.5, 0.6) is 0 Å². The van der Waals surface area contributed by atoms with E-state index in [1.54, 1.807) is 6.92 Å². The van der Waals surface area contributed by atoms with Crippen molar-refractivity contribution in [2.24, 2.45) is 0 Å². The first-order chi connectivity index (χ1) is 6.68. The summed E-state index contributed by atoms with van der Waals surface area (Å²) in [5, 5.41) is 21.9. The van der Waals surface area contributed by atoms with Gasteiger partial charge in [0.05, 0.1) is 12.1 Å². The monoisotopic (exact) mass is 214 g/mol. The zero-order valence-corrected chi connectivity index (χ0v) is 9.11. The molecule has 1 fully saturated rings. The summed E-state index contributed by atoms with van der Waals surface area (Å²) in [6.07, 6.45) is 1.99. The van der Waals surface area contributed by atoms with E-state index in [-0.39, 0.29) is 11.4 Å². The molecule has 0 spiro atoms. The van der Waals surface area contributed by atoms with Gasteiger partial charge in [0.1, 0.15) is 0 Å². The molecule has 2 rings (SSSR count). The Morgan fingerprint density at radius 3 is 2.79 bits per heavy atom. The highest BCUT2D eigenvalue weighted by Crippen LogP contribution is 2.37. The van der Waals surface area contributed by atoms with Gasteiger partial charge in [-0.05, 0) is 30.2 Å². The predicted molar refractivity (Wildman–Crippen MR) is 53.1 cm³/mol. The number of thioether (sulfide) groups is 1. The smallest absolute Gasteiger partial charge is 0.209 e. The van der Waals surface area contributed by atoms with Crippen LogP contribution in [0.25, 0.3) is 0 Å². The summed E-state index contributed by atoms with van der Waals surface area (Å²) in [7, 11) is 0. The van der Waals surface area contributed by atoms with Crippen molar-refractivity contribution in [1.29, 1.82) is 0 Å². The largest absolute Gasteiger partial charge is 0.392 e. The van der Waals surface area contributed by atoms with Crippen molar-refractivity contribution in [3.63, 3.8) is 0 Å². The van der Waals surface area contributed by atoms with Gasteiger partial charge in [0.2, 0.25) is 5.16 Å². The molecule has 0 radical (unpaired) electrons. The standard InChI is InChI=1S/C8H14N4OS/c1-5(13)6(2)14-8-9-10-11-12(8)7-3-4-7/h5-7,13H,3-4H2,1-2H3. The van der Waals surface area contributed by atoms with E-state index in [0.717, 1.165) is 5.16 Å². The Hall–Kier alpha value is -0.620. The Kier molecular flexibility index (Phi) is 2.73. The fourth-order valence-electron chi connectivity index (χ4n) is 1.08. The molecule has 0 aliphatic heterocycles. The van der Waals surface area contributed by atoms with Gasteiger partial charge in [0.15, 0.2) is 0 Å². The third kappa shape index (κ3) is 2.06. The molecule has 0 bridgehead atoms. The zero-order valence-electron chi connectivity index (χ0n) is 8.29. The van der Waals surface area contributed by atoms with E-state index < -0.39 is 0 Å². The van der Waals surface area contributed by atoms with Gasteiger partial charge in [-0.2, -0.15) is 0 Å². The van der Waals surface area contributed by atoms with Crippen LogP contribution in [0.1, 0.15) is 32.7 Å². The minimum Gasteiger partial charge on any atom is -0.392 e. The summed E-state index contributed by atoms with van der Waals surface area (Å²) < 4.78 is 1.86.